The van der Waals surface area contributed by atoms with Crippen LogP contribution in [0, 0.1) is 0 Å². The van der Waals surface area contributed by atoms with E-state index in [-0.39, 0.29) is 0 Å². The summed E-state index contributed by atoms with van der Waals surface area (Å²) in [7, 11) is 0. The van der Waals surface area contributed by atoms with Crippen molar-refractivity contribution in [2.45, 2.75) is 64.5 Å². The monoisotopic (exact) mass is 261 g/mol. The van der Waals surface area contributed by atoms with Crippen molar-refractivity contribution in [2.24, 2.45) is 0 Å². The minimum absolute atomic E-state index is 0.833. The average Bonchev–Trinajstić information content (AvgIpc) is 2.12. The van der Waals surface area contributed by atoms with E-state index < -0.39 is 0 Å². The van der Waals surface area contributed by atoms with Crippen LogP contribution in [0.25, 0.3) is 0 Å². The van der Waals surface area contributed by atoms with Crippen LogP contribution in [0.5, 0.6) is 0 Å². The van der Waals surface area contributed by atoms with Gasteiger partial charge >= 0.3 is 0 Å². The number of halogens is 1. The highest BCUT2D eigenvalue weighted by atomic mass is 79.9. The first-order valence-electron chi connectivity index (χ1n) is 6.15. The van der Waals surface area contributed by atoms with Crippen LogP contribution >= 0.6 is 15.9 Å². The molecule has 0 unspecified atom stereocenters. The van der Waals surface area contributed by atoms with Gasteiger partial charge < -0.3 is 0 Å². The Labute approximate surface area is 97.4 Å². The van der Waals surface area contributed by atoms with Crippen molar-refractivity contribution in [3.05, 3.63) is 0 Å². The lowest BCUT2D eigenvalue weighted by Gasteiger charge is -2.42. The highest BCUT2D eigenvalue weighted by Crippen LogP contribution is 2.28. The van der Waals surface area contributed by atoms with E-state index in [9.17, 15) is 0 Å². The summed E-state index contributed by atoms with van der Waals surface area (Å²) >= 11 is 3.53. The molecule has 0 amide bonds. The van der Waals surface area contributed by atoms with Gasteiger partial charge in [0.1, 0.15) is 0 Å². The van der Waals surface area contributed by atoms with E-state index in [4.69, 9.17) is 0 Å². The first-order chi connectivity index (χ1) is 6.83. The molecule has 1 aliphatic rings. The lowest BCUT2D eigenvalue weighted by molar-refractivity contribution is 0.0750. The van der Waals surface area contributed by atoms with Crippen LogP contribution < -0.4 is 0 Å². The molecule has 1 aliphatic carbocycles. The number of hydrogen-bond acceptors (Lipinski definition) is 1. The van der Waals surface area contributed by atoms with Gasteiger partial charge in [0.15, 0.2) is 0 Å². The summed E-state index contributed by atoms with van der Waals surface area (Å²) in [6.07, 6.45) is 8.27. The second-order valence-electron chi connectivity index (χ2n) is 4.34. The Morgan fingerprint density at radius 1 is 1.29 bits per heavy atom. The van der Waals surface area contributed by atoms with Crippen LogP contribution in [0.2, 0.25) is 0 Å². The lowest BCUT2D eigenvalue weighted by atomic mass is 9.89. The molecular weight excluding hydrogens is 238 g/mol. The second-order valence-corrected chi connectivity index (χ2v) is 5.13. The summed E-state index contributed by atoms with van der Waals surface area (Å²) in [6, 6.07) is 1.75. The summed E-state index contributed by atoms with van der Waals surface area (Å²) in [5.41, 5.74) is 0. The molecule has 1 nitrogen and oxygen atoms in total. The summed E-state index contributed by atoms with van der Waals surface area (Å²) in [4.78, 5) is 2.77. The van der Waals surface area contributed by atoms with Gasteiger partial charge in [-0.1, -0.05) is 36.2 Å². The number of hydrogen-bond donors (Lipinski definition) is 0. The predicted molar refractivity (Wildman–Crippen MR) is 67.1 cm³/mol. The van der Waals surface area contributed by atoms with Gasteiger partial charge in [0.05, 0.1) is 0 Å². The molecule has 0 radical (unpaired) electrons. The maximum atomic E-state index is 3.53. The third-order valence-corrected chi connectivity index (χ3v) is 4.07. The Balaban J connectivity index is 2.41. The molecule has 0 spiro atoms. The number of nitrogens with zero attached hydrogens (tertiary/aromatic N) is 1. The molecule has 1 rings (SSSR count). The highest BCUT2D eigenvalue weighted by Gasteiger charge is 2.28. The van der Waals surface area contributed by atoms with Crippen LogP contribution in [-0.4, -0.2) is 28.9 Å². The molecule has 0 aromatic carbocycles. The van der Waals surface area contributed by atoms with Crippen LogP contribution in [0.4, 0.5) is 0 Å². The predicted octanol–water partition coefficient (Wildman–Crippen LogP) is 3.81. The van der Waals surface area contributed by atoms with Gasteiger partial charge in [-0.15, -0.1) is 0 Å². The van der Waals surface area contributed by atoms with E-state index in [0.29, 0.717) is 0 Å². The maximum absolute atomic E-state index is 3.53. The molecule has 0 aliphatic heterocycles. The minimum Gasteiger partial charge on any atom is -0.297 e. The second kappa shape index (κ2) is 6.84. The van der Waals surface area contributed by atoms with Crippen molar-refractivity contribution in [3.63, 3.8) is 0 Å². The maximum Gasteiger partial charge on any atom is 0.00982 e. The zero-order valence-electron chi connectivity index (χ0n) is 9.64. The topological polar surface area (TPSA) is 3.24 Å². The van der Waals surface area contributed by atoms with Crippen molar-refractivity contribution < 1.29 is 0 Å². The van der Waals surface area contributed by atoms with Gasteiger partial charge in [0.25, 0.3) is 0 Å². The fourth-order valence-corrected chi connectivity index (χ4v) is 2.63. The van der Waals surface area contributed by atoms with Gasteiger partial charge in [-0.3, -0.25) is 4.90 Å². The van der Waals surface area contributed by atoms with Gasteiger partial charge in [-0.2, -0.15) is 0 Å². The van der Waals surface area contributed by atoms with Gasteiger partial charge in [0.2, 0.25) is 0 Å². The van der Waals surface area contributed by atoms with E-state index >= 15 is 0 Å². The Morgan fingerprint density at radius 3 is 2.29 bits per heavy atom. The molecule has 1 fully saturated rings. The van der Waals surface area contributed by atoms with Gasteiger partial charge in [-0.25, -0.2) is 0 Å². The SMILES string of the molecule is CCC(CC)N(CCCBr)C1CCC1. The normalized spacial score (nSPS) is 17.8. The van der Waals surface area contributed by atoms with Crippen molar-refractivity contribution in [1.82, 2.24) is 4.90 Å². The molecule has 0 aromatic rings. The Bertz CT molecular complexity index is 141. The van der Waals surface area contributed by atoms with E-state index in [1.54, 1.807) is 0 Å². The first kappa shape index (κ1) is 12.5. The van der Waals surface area contributed by atoms with Gasteiger partial charge in [-0.05, 0) is 38.6 Å². The molecule has 0 aromatic heterocycles. The van der Waals surface area contributed by atoms with Gasteiger partial charge in [0, 0.05) is 17.4 Å². The zero-order chi connectivity index (χ0) is 10.4. The Hall–Kier alpha value is 0.440. The largest absolute Gasteiger partial charge is 0.297 e. The van der Waals surface area contributed by atoms with E-state index in [0.717, 1.165) is 17.4 Å². The molecule has 0 bridgehead atoms. The highest BCUT2D eigenvalue weighted by molar-refractivity contribution is 9.09. The molecule has 1 saturated carbocycles. The molecule has 84 valence electrons. The van der Waals surface area contributed by atoms with Crippen LogP contribution in [0.1, 0.15) is 52.4 Å². The lowest BCUT2D eigenvalue weighted by Crippen LogP contribution is -2.46. The smallest absolute Gasteiger partial charge is 0.00982 e. The molecule has 0 saturated heterocycles. The molecule has 0 N–H and O–H groups in total. The minimum atomic E-state index is 0.833. The summed E-state index contributed by atoms with van der Waals surface area (Å²) < 4.78 is 0. The Morgan fingerprint density at radius 2 is 1.93 bits per heavy atom. The van der Waals surface area contributed by atoms with E-state index in [2.05, 4.69) is 34.7 Å². The summed E-state index contributed by atoms with van der Waals surface area (Å²) in [5.74, 6) is 0. The van der Waals surface area contributed by atoms with E-state index in [1.807, 2.05) is 0 Å². The van der Waals surface area contributed by atoms with Crippen molar-refractivity contribution in [3.8, 4) is 0 Å². The third kappa shape index (κ3) is 3.23. The first-order valence-corrected chi connectivity index (χ1v) is 7.27. The Kier molecular flexibility index (Phi) is 6.11. The fraction of sp³-hybridized carbons (Fsp3) is 1.00. The zero-order valence-corrected chi connectivity index (χ0v) is 11.2. The molecular formula is C12H24BrN. The molecule has 14 heavy (non-hydrogen) atoms. The van der Waals surface area contributed by atoms with Crippen LogP contribution in [0.15, 0.2) is 0 Å². The summed E-state index contributed by atoms with van der Waals surface area (Å²) in [6.45, 7) is 5.95. The average molecular weight is 262 g/mol. The quantitative estimate of drug-likeness (QED) is 0.630. The third-order valence-electron chi connectivity index (χ3n) is 3.51. The van der Waals surface area contributed by atoms with E-state index in [1.165, 1.54) is 45.1 Å². The number of alkyl halides is 1. The molecule has 0 heterocycles. The number of rotatable bonds is 7. The van der Waals surface area contributed by atoms with Crippen molar-refractivity contribution in [2.75, 3.05) is 11.9 Å². The summed E-state index contributed by atoms with van der Waals surface area (Å²) in [5, 5.41) is 1.15. The molecule has 2 heteroatoms. The molecule has 0 atom stereocenters. The van der Waals surface area contributed by atoms with Crippen LogP contribution in [0.3, 0.4) is 0 Å². The van der Waals surface area contributed by atoms with Crippen LogP contribution in [-0.2, 0) is 0 Å². The standard InChI is InChI=1S/C12H24BrN/c1-3-11(4-2)14(10-6-9-13)12-7-5-8-12/h11-12H,3-10H2,1-2H3. The van der Waals surface area contributed by atoms with Crippen molar-refractivity contribution in [1.29, 1.82) is 0 Å². The van der Waals surface area contributed by atoms with Crippen molar-refractivity contribution >= 4 is 15.9 Å². The fourth-order valence-electron chi connectivity index (χ4n) is 2.38.